The van der Waals surface area contributed by atoms with Crippen molar-refractivity contribution in [1.29, 1.82) is 0 Å². The highest BCUT2D eigenvalue weighted by Gasteiger charge is 2.23. The summed E-state index contributed by atoms with van der Waals surface area (Å²) < 4.78 is 0. The maximum Gasteiger partial charge on any atom is 0.329 e. The van der Waals surface area contributed by atoms with Crippen molar-refractivity contribution in [2.24, 2.45) is 29.2 Å². The van der Waals surface area contributed by atoms with Crippen LogP contribution in [0.3, 0.4) is 0 Å². The zero-order chi connectivity index (χ0) is 24.6. The average molecular weight is 483 g/mol. The molecule has 2 aromatic rings. The molecule has 1 saturated heterocycles. The van der Waals surface area contributed by atoms with E-state index >= 15 is 0 Å². The van der Waals surface area contributed by atoms with Crippen LogP contribution in [0, 0.1) is 27.9 Å². The largest absolute Gasteiger partial charge is 0.372 e. The standard InChI is InChI=1S/C25H38N8O2/c26-13-18-4-6-20(7-5-18)15-28-24-23(33(34)35)17-30-25(31-24)29-16-21-2-1-3-22(12-21)32-10-8-19(14-27)9-11-32/h1-3,12,17-20H,4-11,13-16,26-27H2,(H2,28,29,30,31). The summed E-state index contributed by atoms with van der Waals surface area (Å²) in [4.78, 5) is 22.1. The fourth-order valence-electron chi connectivity index (χ4n) is 5.11. The summed E-state index contributed by atoms with van der Waals surface area (Å²) in [5.41, 5.74) is 13.8. The molecule has 2 aliphatic rings. The number of piperidine rings is 1. The van der Waals surface area contributed by atoms with Crippen molar-refractivity contribution in [2.75, 3.05) is 48.3 Å². The lowest BCUT2D eigenvalue weighted by Gasteiger charge is -2.33. The van der Waals surface area contributed by atoms with E-state index in [4.69, 9.17) is 11.5 Å². The summed E-state index contributed by atoms with van der Waals surface area (Å²) >= 11 is 0. The summed E-state index contributed by atoms with van der Waals surface area (Å²) in [6.45, 7) is 4.74. The molecule has 190 valence electrons. The zero-order valence-electron chi connectivity index (χ0n) is 20.4. The number of benzene rings is 1. The first-order chi connectivity index (χ1) is 17.1. The molecule has 10 heteroatoms. The van der Waals surface area contributed by atoms with E-state index in [1.54, 1.807) is 0 Å². The minimum atomic E-state index is -0.436. The van der Waals surface area contributed by atoms with Gasteiger partial charge in [-0.15, -0.1) is 0 Å². The second kappa shape index (κ2) is 12.1. The van der Waals surface area contributed by atoms with Gasteiger partial charge in [0.1, 0.15) is 6.20 Å². The molecule has 0 bridgehead atoms. The molecule has 6 N–H and O–H groups in total. The summed E-state index contributed by atoms with van der Waals surface area (Å²) in [6, 6.07) is 8.44. The SMILES string of the molecule is NCC1CCC(CNc2nc(NCc3cccc(N4CCC(CN)CC4)c3)ncc2[N+](=O)[O-])CC1. The maximum absolute atomic E-state index is 11.5. The van der Waals surface area contributed by atoms with E-state index in [0.717, 1.165) is 70.3 Å². The first-order valence-corrected chi connectivity index (χ1v) is 12.8. The van der Waals surface area contributed by atoms with E-state index in [9.17, 15) is 10.1 Å². The fourth-order valence-corrected chi connectivity index (χ4v) is 5.11. The monoisotopic (exact) mass is 482 g/mol. The van der Waals surface area contributed by atoms with Crippen LogP contribution in [0.15, 0.2) is 30.5 Å². The van der Waals surface area contributed by atoms with Crippen LogP contribution < -0.4 is 27.0 Å². The van der Waals surface area contributed by atoms with E-state index in [1.165, 1.54) is 11.9 Å². The molecule has 2 fully saturated rings. The second-order valence-corrected chi connectivity index (χ2v) is 9.88. The number of hydrogen-bond acceptors (Lipinski definition) is 9. The average Bonchev–Trinajstić information content (AvgIpc) is 2.91. The molecule has 1 aliphatic carbocycles. The van der Waals surface area contributed by atoms with Gasteiger partial charge < -0.3 is 27.0 Å². The van der Waals surface area contributed by atoms with E-state index < -0.39 is 4.92 Å². The number of rotatable bonds is 10. The van der Waals surface area contributed by atoms with Crippen LogP contribution in [-0.2, 0) is 6.54 Å². The molecule has 0 amide bonds. The zero-order valence-corrected chi connectivity index (χ0v) is 20.4. The molecule has 10 nitrogen and oxygen atoms in total. The lowest BCUT2D eigenvalue weighted by Crippen LogP contribution is -2.36. The molecule has 35 heavy (non-hydrogen) atoms. The van der Waals surface area contributed by atoms with Crippen molar-refractivity contribution < 1.29 is 4.92 Å². The van der Waals surface area contributed by atoms with E-state index in [1.807, 2.05) is 0 Å². The minimum Gasteiger partial charge on any atom is -0.372 e. The third kappa shape index (κ3) is 6.79. The molecular weight excluding hydrogens is 444 g/mol. The van der Waals surface area contributed by atoms with Gasteiger partial charge in [0.25, 0.3) is 0 Å². The number of hydrogen-bond donors (Lipinski definition) is 4. The van der Waals surface area contributed by atoms with Crippen molar-refractivity contribution >= 4 is 23.1 Å². The van der Waals surface area contributed by atoms with Crippen LogP contribution in [0.25, 0.3) is 0 Å². The predicted molar refractivity (Wildman–Crippen MR) is 139 cm³/mol. The summed E-state index contributed by atoms with van der Waals surface area (Å²) in [5.74, 6) is 2.34. The van der Waals surface area contributed by atoms with Gasteiger partial charge in [-0.2, -0.15) is 4.98 Å². The number of nitrogens with zero attached hydrogens (tertiary/aromatic N) is 4. The Kier molecular flexibility index (Phi) is 8.70. The smallest absolute Gasteiger partial charge is 0.329 e. The van der Waals surface area contributed by atoms with Crippen molar-refractivity contribution in [3.05, 3.63) is 46.1 Å². The van der Waals surface area contributed by atoms with Gasteiger partial charge in [-0.05, 0) is 87.1 Å². The highest BCUT2D eigenvalue weighted by Crippen LogP contribution is 2.30. The van der Waals surface area contributed by atoms with Crippen molar-refractivity contribution in [3.8, 4) is 0 Å². The van der Waals surface area contributed by atoms with Crippen molar-refractivity contribution in [2.45, 2.75) is 45.1 Å². The molecule has 0 spiro atoms. The van der Waals surface area contributed by atoms with Crippen molar-refractivity contribution in [3.63, 3.8) is 0 Å². The molecular formula is C25H38N8O2. The first kappa shape index (κ1) is 25.1. The quantitative estimate of drug-likeness (QED) is 0.295. The van der Waals surface area contributed by atoms with Crippen LogP contribution in [-0.4, -0.2) is 47.6 Å². The van der Waals surface area contributed by atoms with Gasteiger partial charge in [-0.3, -0.25) is 10.1 Å². The molecule has 0 radical (unpaired) electrons. The Hall–Kier alpha value is -2.98. The molecule has 1 aromatic heterocycles. The van der Waals surface area contributed by atoms with Crippen LogP contribution in [0.1, 0.15) is 44.1 Å². The number of nitrogens with one attached hydrogen (secondary N) is 2. The molecule has 4 rings (SSSR count). The predicted octanol–water partition coefficient (Wildman–Crippen LogP) is 3.35. The van der Waals surface area contributed by atoms with Crippen LogP contribution in [0.5, 0.6) is 0 Å². The number of anilines is 3. The Balaban J connectivity index is 1.36. The second-order valence-electron chi connectivity index (χ2n) is 9.88. The molecule has 0 atom stereocenters. The number of aromatic nitrogens is 2. The van der Waals surface area contributed by atoms with Crippen LogP contribution in [0.2, 0.25) is 0 Å². The normalized spacial score (nSPS) is 21.0. The molecule has 0 unspecified atom stereocenters. The topological polar surface area (TPSA) is 148 Å². The summed E-state index contributed by atoms with van der Waals surface area (Å²) in [5, 5.41) is 18.0. The Labute approximate surface area is 207 Å². The van der Waals surface area contributed by atoms with Gasteiger partial charge in [0.05, 0.1) is 4.92 Å². The molecule has 1 aliphatic heterocycles. The minimum absolute atomic E-state index is 0.103. The van der Waals surface area contributed by atoms with Gasteiger partial charge in [-0.1, -0.05) is 12.1 Å². The summed E-state index contributed by atoms with van der Waals surface area (Å²) in [7, 11) is 0. The Bertz CT molecular complexity index is 972. The van der Waals surface area contributed by atoms with Crippen molar-refractivity contribution in [1.82, 2.24) is 9.97 Å². The maximum atomic E-state index is 11.5. The fraction of sp³-hybridized carbons (Fsp3) is 0.600. The van der Waals surface area contributed by atoms with Gasteiger partial charge in [-0.25, -0.2) is 4.98 Å². The summed E-state index contributed by atoms with van der Waals surface area (Å²) in [6.07, 6.45) is 7.93. The molecule has 2 heterocycles. The van der Waals surface area contributed by atoms with E-state index in [2.05, 4.69) is 49.8 Å². The molecule has 1 saturated carbocycles. The van der Waals surface area contributed by atoms with Gasteiger partial charge in [0, 0.05) is 31.9 Å². The number of nitro groups is 1. The highest BCUT2D eigenvalue weighted by atomic mass is 16.6. The van der Waals surface area contributed by atoms with E-state index in [0.29, 0.717) is 36.8 Å². The van der Waals surface area contributed by atoms with Crippen LogP contribution >= 0.6 is 0 Å². The number of nitrogens with two attached hydrogens (primary N) is 2. The lowest BCUT2D eigenvalue weighted by atomic mass is 9.82. The third-order valence-corrected chi connectivity index (χ3v) is 7.50. The van der Waals surface area contributed by atoms with Gasteiger partial charge in [0.2, 0.25) is 11.8 Å². The Morgan fingerprint density at radius 2 is 1.69 bits per heavy atom. The Morgan fingerprint density at radius 3 is 2.37 bits per heavy atom. The first-order valence-electron chi connectivity index (χ1n) is 12.8. The molecule has 1 aromatic carbocycles. The van der Waals surface area contributed by atoms with Gasteiger partial charge >= 0.3 is 5.69 Å². The lowest BCUT2D eigenvalue weighted by molar-refractivity contribution is -0.384. The van der Waals surface area contributed by atoms with Gasteiger partial charge in [0.15, 0.2) is 0 Å². The Morgan fingerprint density at radius 1 is 1.00 bits per heavy atom. The van der Waals surface area contributed by atoms with E-state index in [-0.39, 0.29) is 11.5 Å². The third-order valence-electron chi connectivity index (χ3n) is 7.50. The highest BCUT2D eigenvalue weighted by molar-refractivity contribution is 5.57. The van der Waals surface area contributed by atoms with Crippen LogP contribution in [0.4, 0.5) is 23.1 Å².